The second kappa shape index (κ2) is 6.89. The first-order valence-corrected chi connectivity index (χ1v) is 9.65. The highest BCUT2D eigenvalue weighted by molar-refractivity contribution is 5.92. The minimum Gasteiger partial charge on any atom is -0.390 e. The average Bonchev–Trinajstić information content (AvgIpc) is 2.75. The molecule has 2 fully saturated rings. The molecule has 3 rings (SSSR count). The molecule has 2 heterocycles. The molecule has 2 aliphatic rings. The van der Waals surface area contributed by atoms with Crippen molar-refractivity contribution in [3.8, 4) is 0 Å². The number of hydrogen-bond donors (Lipinski definition) is 1. The van der Waals surface area contributed by atoms with E-state index in [2.05, 4.69) is 28.8 Å². The van der Waals surface area contributed by atoms with E-state index in [4.69, 9.17) is 0 Å². The third-order valence-electron chi connectivity index (χ3n) is 6.91. The molecule has 0 aromatic carbocycles. The number of nitrogens with zero attached hydrogens (tertiary/aromatic N) is 4. The summed E-state index contributed by atoms with van der Waals surface area (Å²) in [5.41, 5.74) is -0.366. The van der Waals surface area contributed by atoms with E-state index < -0.39 is 5.60 Å². The van der Waals surface area contributed by atoms with E-state index in [1.807, 2.05) is 14.0 Å². The van der Waals surface area contributed by atoms with Gasteiger partial charge in [-0.05, 0) is 46.2 Å². The molecule has 6 heteroatoms. The van der Waals surface area contributed by atoms with Crippen molar-refractivity contribution in [2.75, 3.05) is 20.6 Å². The number of likely N-dealkylation sites (N-methyl/N-ethyl adjacent to an activating group) is 2. The number of aromatic nitrogens is 2. The number of carbonyl (C=O) groups excluding carboxylic acids is 1. The van der Waals surface area contributed by atoms with Gasteiger partial charge in [0.05, 0.1) is 5.60 Å². The summed E-state index contributed by atoms with van der Waals surface area (Å²) in [5, 5.41) is 11.1. The summed E-state index contributed by atoms with van der Waals surface area (Å²) in [6, 6.07) is 2.27. The number of amides is 1. The summed E-state index contributed by atoms with van der Waals surface area (Å²) in [6.07, 6.45) is 6.74. The smallest absolute Gasteiger partial charge is 0.272 e. The van der Waals surface area contributed by atoms with Crippen LogP contribution in [-0.2, 0) is 0 Å². The first-order chi connectivity index (χ1) is 12.2. The summed E-state index contributed by atoms with van der Waals surface area (Å²) < 4.78 is 0. The number of aliphatic hydroxyl groups is 1. The first-order valence-electron chi connectivity index (χ1n) is 9.65. The zero-order chi connectivity index (χ0) is 19.1. The van der Waals surface area contributed by atoms with E-state index in [-0.39, 0.29) is 17.4 Å². The van der Waals surface area contributed by atoms with Gasteiger partial charge in [-0.2, -0.15) is 0 Å². The number of carbonyl (C=O) groups is 1. The van der Waals surface area contributed by atoms with Crippen LogP contribution in [0.2, 0.25) is 0 Å². The van der Waals surface area contributed by atoms with Crippen molar-refractivity contribution in [2.45, 2.75) is 70.6 Å². The highest BCUT2D eigenvalue weighted by Crippen LogP contribution is 2.52. The van der Waals surface area contributed by atoms with E-state index in [0.29, 0.717) is 24.1 Å². The minimum absolute atomic E-state index is 0.0760. The van der Waals surface area contributed by atoms with Crippen LogP contribution >= 0.6 is 0 Å². The predicted molar refractivity (Wildman–Crippen MR) is 101 cm³/mol. The lowest BCUT2D eigenvalue weighted by Gasteiger charge is -2.43. The fraction of sp³-hybridized carbons (Fsp3) is 0.750. The molecule has 1 N–H and O–H groups in total. The van der Waals surface area contributed by atoms with Gasteiger partial charge in [0, 0.05) is 37.3 Å². The summed E-state index contributed by atoms with van der Waals surface area (Å²) >= 11 is 0. The Kier molecular flexibility index (Phi) is 5.10. The lowest BCUT2D eigenvalue weighted by Crippen LogP contribution is -2.50. The van der Waals surface area contributed by atoms with Gasteiger partial charge in [-0.15, -0.1) is 0 Å². The number of hydrogen-bond acceptors (Lipinski definition) is 5. The van der Waals surface area contributed by atoms with Crippen LogP contribution in [0.4, 0.5) is 0 Å². The number of aryl methyl sites for hydroxylation is 1. The maximum atomic E-state index is 12.7. The van der Waals surface area contributed by atoms with Crippen LogP contribution in [0.3, 0.4) is 0 Å². The van der Waals surface area contributed by atoms with E-state index in [1.165, 1.54) is 0 Å². The van der Waals surface area contributed by atoms with Gasteiger partial charge in [0.1, 0.15) is 11.5 Å². The van der Waals surface area contributed by atoms with Crippen molar-refractivity contribution in [3.63, 3.8) is 0 Å². The molecule has 4 atom stereocenters. The van der Waals surface area contributed by atoms with Crippen LogP contribution in [-0.4, -0.2) is 69.1 Å². The molecular weight excluding hydrogens is 328 g/mol. The summed E-state index contributed by atoms with van der Waals surface area (Å²) in [7, 11) is 3.98. The molecule has 0 radical (unpaired) electrons. The summed E-state index contributed by atoms with van der Waals surface area (Å²) in [6.45, 7) is 6.66. The average molecular weight is 361 g/mol. The topological polar surface area (TPSA) is 69.6 Å². The van der Waals surface area contributed by atoms with Crippen LogP contribution in [0, 0.1) is 12.3 Å². The Bertz CT molecular complexity index is 678. The molecule has 0 bridgehead atoms. The van der Waals surface area contributed by atoms with Crippen LogP contribution in [0.1, 0.15) is 62.3 Å². The highest BCUT2D eigenvalue weighted by Gasteiger charge is 2.57. The van der Waals surface area contributed by atoms with Gasteiger partial charge in [0.25, 0.3) is 5.91 Å². The maximum Gasteiger partial charge on any atom is 0.272 e. The van der Waals surface area contributed by atoms with Gasteiger partial charge in [-0.3, -0.25) is 9.69 Å². The molecule has 0 unspecified atom stereocenters. The molecule has 1 aliphatic heterocycles. The van der Waals surface area contributed by atoms with Gasteiger partial charge < -0.3 is 10.0 Å². The number of fused-ring (bicyclic) bond motifs is 1. The molecule has 0 spiro atoms. The van der Waals surface area contributed by atoms with Gasteiger partial charge in [-0.25, -0.2) is 9.97 Å². The minimum atomic E-state index is -0.663. The molecule has 1 aliphatic carbocycles. The Morgan fingerprint density at radius 2 is 2.15 bits per heavy atom. The second-order valence-electron chi connectivity index (χ2n) is 8.65. The van der Waals surface area contributed by atoms with Crippen LogP contribution in [0.25, 0.3) is 0 Å². The predicted octanol–water partition coefficient (Wildman–Crippen LogP) is 2.26. The summed E-state index contributed by atoms with van der Waals surface area (Å²) in [5.74, 6) is 0.529. The molecule has 1 saturated carbocycles. The molecule has 6 nitrogen and oxygen atoms in total. The standard InChI is InChI=1S/C20H32N4O2/c1-14-21-11-9-16(22-14)18(25)23(4)13-15-12-19(2)17(24(15)5)8-6-7-10-20(19,3)26/h9,11,15,17,26H,6-8,10,12-13H2,1-5H3/t15-,17-,19-,20+/m1/s1. The zero-order valence-corrected chi connectivity index (χ0v) is 16.7. The Morgan fingerprint density at radius 3 is 2.85 bits per heavy atom. The Morgan fingerprint density at radius 1 is 1.42 bits per heavy atom. The first kappa shape index (κ1) is 19.2. The maximum absolute atomic E-state index is 12.7. The Balaban J connectivity index is 1.75. The van der Waals surface area contributed by atoms with Crippen molar-refractivity contribution in [3.05, 3.63) is 23.8 Å². The SMILES string of the molecule is Cc1nccc(C(=O)N(C)C[C@H]2C[C@]3(C)[C@@H](CCCC[C@]3(C)O)N2C)n1. The van der Waals surface area contributed by atoms with Gasteiger partial charge in [-0.1, -0.05) is 19.8 Å². The van der Waals surface area contributed by atoms with Crippen molar-refractivity contribution >= 4 is 5.91 Å². The highest BCUT2D eigenvalue weighted by atomic mass is 16.3. The molecule has 1 amide bonds. The monoisotopic (exact) mass is 360 g/mol. The van der Waals surface area contributed by atoms with Crippen LogP contribution in [0.5, 0.6) is 0 Å². The second-order valence-corrected chi connectivity index (χ2v) is 8.65. The van der Waals surface area contributed by atoms with E-state index in [0.717, 1.165) is 32.1 Å². The molecule has 1 saturated heterocycles. The van der Waals surface area contributed by atoms with Crippen LogP contribution in [0.15, 0.2) is 12.3 Å². The van der Waals surface area contributed by atoms with Crippen LogP contribution < -0.4 is 0 Å². The van der Waals surface area contributed by atoms with Gasteiger partial charge in [0.2, 0.25) is 0 Å². The molecule has 1 aromatic heterocycles. The third-order valence-corrected chi connectivity index (χ3v) is 6.91. The van der Waals surface area contributed by atoms with Gasteiger partial charge >= 0.3 is 0 Å². The Hall–Kier alpha value is -1.53. The molecule has 144 valence electrons. The number of likely N-dealkylation sites (tertiary alicyclic amines) is 1. The molecule has 1 aromatic rings. The van der Waals surface area contributed by atoms with E-state index >= 15 is 0 Å². The number of rotatable bonds is 3. The summed E-state index contributed by atoms with van der Waals surface area (Å²) in [4.78, 5) is 25.2. The van der Waals surface area contributed by atoms with Crippen molar-refractivity contribution in [1.29, 1.82) is 0 Å². The van der Waals surface area contributed by atoms with Crippen molar-refractivity contribution < 1.29 is 9.90 Å². The Labute approximate surface area is 156 Å². The lowest BCUT2D eigenvalue weighted by atomic mass is 9.67. The fourth-order valence-electron chi connectivity index (χ4n) is 5.03. The quantitative estimate of drug-likeness (QED) is 0.895. The van der Waals surface area contributed by atoms with E-state index in [1.54, 1.807) is 24.1 Å². The van der Waals surface area contributed by atoms with Gasteiger partial charge in [0.15, 0.2) is 0 Å². The molecule has 26 heavy (non-hydrogen) atoms. The van der Waals surface area contributed by atoms with Crippen molar-refractivity contribution in [1.82, 2.24) is 19.8 Å². The zero-order valence-electron chi connectivity index (χ0n) is 16.7. The lowest BCUT2D eigenvalue weighted by molar-refractivity contribution is -0.0754. The normalized spacial score (nSPS) is 35.0. The van der Waals surface area contributed by atoms with Crippen molar-refractivity contribution in [2.24, 2.45) is 5.41 Å². The molecular formula is C20H32N4O2. The largest absolute Gasteiger partial charge is 0.390 e. The third kappa shape index (κ3) is 3.25. The fourth-order valence-corrected chi connectivity index (χ4v) is 5.03. The van der Waals surface area contributed by atoms with E-state index in [9.17, 15) is 9.90 Å².